The highest BCUT2D eigenvalue weighted by Gasteiger charge is 2.20. The van der Waals surface area contributed by atoms with Gasteiger partial charge in [-0.05, 0) is 37.1 Å². The molecule has 21 heavy (non-hydrogen) atoms. The molecule has 0 atom stereocenters. The van der Waals surface area contributed by atoms with Gasteiger partial charge < -0.3 is 15.5 Å². The summed E-state index contributed by atoms with van der Waals surface area (Å²) < 4.78 is 0. The van der Waals surface area contributed by atoms with Crippen molar-refractivity contribution in [2.24, 2.45) is 0 Å². The summed E-state index contributed by atoms with van der Waals surface area (Å²) in [5, 5.41) is 5.32. The standard InChI is InChI=1S/C15H19N3O3/c1-11(19)16-12-4-6-13(7-5-12)17-14(20)10-15(21)18-8-2-3-9-18/h4-7H,2-3,8-10H2,1H3,(H,16,19)(H,17,20). The smallest absolute Gasteiger partial charge is 0.233 e. The van der Waals surface area contributed by atoms with Crippen LogP contribution in [0.5, 0.6) is 0 Å². The van der Waals surface area contributed by atoms with Crippen LogP contribution in [0.15, 0.2) is 24.3 Å². The lowest BCUT2D eigenvalue weighted by molar-refractivity contribution is -0.133. The molecular weight excluding hydrogens is 270 g/mol. The second-order valence-corrected chi connectivity index (χ2v) is 5.07. The van der Waals surface area contributed by atoms with Crippen LogP contribution in [0.4, 0.5) is 11.4 Å². The minimum Gasteiger partial charge on any atom is -0.342 e. The first-order valence-electron chi connectivity index (χ1n) is 7.00. The Bertz CT molecular complexity index is 534. The number of hydrogen-bond acceptors (Lipinski definition) is 3. The van der Waals surface area contributed by atoms with E-state index in [1.54, 1.807) is 29.2 Å². The van der Waals surface area contributed by atoms with Crippen LogP contribution in [-0.4, -0.2) is 35.7 Å². The van der Waals surface area contributed by atoms with Crippen LogP contribution in [0, 0.1) is 0 Å². The predicted molar refractivity (Wildman–Crippen MR) is 79.8 cm³/mol. The van der Waals surface area contributed by atoms with Crippen molar-refractivity contribution in [3.05, 3.63) is 24.3 Å². The van der Waals surface area contributed by atoms with E-state index >= 15 is 0 Å². The topological polar surface area (TPSA) is 78.5 Å². The predicted octanol–water partition coefficient (Wildman–Crippen LogP) is 1.60. The average Bonchev–Trinajstić information content (AvgIpc) is 2.94. The molecular formula is C15H19N3O3. The number of carbonyl (C=O) groups is 3. The van der Waals surface area contributed by atoms with E-state index in [1.165, 1.54) is 6.92 Å². The molecule has 0 aliphatic carbocycles. The van der Waals surface area contributed by atoms with Crippen LogP contribution < -0.4 is 10.6 Å². The molecule has 1 saturated heterocycles. The van der Waals surface area contributed by atoms with Crippen LogP contribution in [0.3, 0.4) is 0 Å². The summed E-state index contributed by atoms with van der Waals surface area (Å²) in [5.41, 5.74) is 1.26. The molecule has 1 aromatic carbocycles. The molecule has 112 valence electrons. The fraction of sp³-hybridized carbons (Fsp3) is 0.400. The van der Waals surface area contributed by atoms with E-state index in [0.29, 0.717) is 11.4 Å². The highest BCUT2D eigenvalue weighted by Crippen LogP contribution is 2.14. The van der Waals surface area contributed by atoms with Crippen molar-refractivity contribution >= 4 is 29.1 Å². The van der Waals surface area contributed by atoms with Gasteiger partial charge in [-0.2, -0.15) is 0 Å². The number of rotatable bonds is 4. The van der Waals surface area contributed by atoms with Gasteiger partial charge in [-0.3, -0.25) is 14.4 Å². The van der Waals surface area contributed by atoms with E-state index < -0.39 is 0 Å². The van der Waals surface area contributed by atoms with Crippen LogP contribution in [0.2, 0.25) is 0 Å². The molecule has 0 bridgehead atoms. The molecule has 1 aromatic rings. The van der Waals surface area contributed by atoms with Crippen molar-refractivity contribution in [3.8, 4) is 0 Å². The minimum absolute atomic E-state index is 0.125. The summed E-state index contributed by atoms with van der Waals surface area (Å²) in [6.07, 6.45) is 1.89. The van der Waals surface area contributed by atoms with Crippen LogP contribution in [0.25, 0.3) is 0 Å². The maximum atomic E-state index is 11.8. The number of likely N-dealkylation sites (tertiary alicyclic amines) is 1. The Hall–Kier alpha value is -2.37. The van der Waals surface area contributed by atoms with Gasteiger partial charge in [0.05, 0.1) is 0 Å². The van der Waals surface area contributed by atoms with Gasteiger partial charge in [0, 0.05) is 31.4 Å². The summed E-state index contributed by atoms with van der Waals surface area (Å²) in [5.74, 6) is -0.595. The molecule has 1 aliphatic rings. The minimum atomic E-state index is -0.320. The fourth-order valence-electron chi connectivity index (χ4n) is 2.26. The van der Waals surface area contributed by atoms with Gasteiger partial charge in [-0.25, -0.2) is 0 Å². The van der Waals surface area contributed by atoms with Gasteiger partial charge in [0.2, 0.25) is 17.7 Å². The number of nitrogens with one attached hydrogen (secondary N) is 2. The lowest BCUT2D eigenvalue weighted by Gasteiger charge is -2.14. The Morgan fingerprint density at radius 2 is 1.52 bits per heavy atom. The summed E-state index contributed by atoms with van der Waals surface area (Å²) in [7, 11) is 0. The summed E-state index contributed by atoms with van der Waals surface area (Å²) in [4.78, 5) is 36.3. The van der Waals surface area contributed by atoms with Gasteiger partial charge in [0.15, 0.2) is 0 Å². The molecule has 2 rings (SSSR count). The summed E-state index contributed by atoms with van der Waals surface area (Å²) in [6, 6.07) is 6.76. The first-order valence-corrected chi connectivity index (χ1v) is 7.00. The van der Waals surface area contributed by atoms with Crippen molar-refractivity contribution in [2.75, 3.05) is 23.7 Å². The maximum absolute atomic E-state index is 11.8. The third-order valence-electron chi connectivity index (χ3n) is 3.26. The number of hydrogen-bond donors (Lipinski definition) is 2. The highest BCUT2D eigenvalue weighted by atomic mass is 16.2. The molecule has 0 saturated carbocycles. The molecule has 1 aliphatic heterocycles. The van der Waals surface area contributed by atoms with E-state index in [0.717, 1.165) is 25.9 Å². The first-order chi connectivity index (χ1) is 10.0. The molecule has 3 amide bonds. The number of nitrogens with zero attached hydrogens (tertiary/aromatic N) is 1. The lowest BCUT2D eigenvalue weighted by Crippen LogP contribution is -2.31. The molecule has 6 nitrogen and oxygen atoms in total. The highest BCUT2D eigenvalue weighted by molar-refractivity contribution is 6.03. The number of anilines is 2. The van der Waals surface area contributed by atoms with E-state index in [2.05, 4.69) is 10.6 Å². The monoisotopic (exact) mass is 289 g/mol. The number of benzene rings is 1. The summed E-state index contributed by atoms with van der Waals surface area (Å²) >= 11 is 0. The zero-order valence-electron chi connectivity index (χ0n) is 12.0. The van der Waals surface area contributed by atoms with Crippen molar-refractivity contribution in [1.82, 2.24) is 4.90 Å². The van der Waals surface area contributed by atoms with Crippen LogP contribution >= 0.6 is 0 Å². The average molecular weight is 289 g/mol. The van der Waals surface area contributed by atoms with E-state index in [-0.39, 0.29) is 24.1 Å². The third-order valence-corrected chi connectivity index (χ3v) is 3.26. The Labute approximate surface area is 123 Å². The Balaban J connectivity index is 1.84. The van der Waals surface area contributed by atoms with Gasteiger partial charge in [-0.15, -0.1) is 0 Å². The second kappa shape index (κ2) is 6.88. The Kier molecular flexibility index (Phi) is 4.92. The second-order valence-electron chi connectivity index (χ2n) is 5.07. The zero-order valence-corrected chi connectivity index (χ0v) is 12.0. The molecule has 0 spiro atoms. The van der Waals surface area contributed by atoms with Gasteiger partial charge in [0.25, 0.3) is 0 Å². The quantitative estimate of drug-likeness (QED) is 0.826. The molecule has 1 heterocycles. The van der Waals surface area contributed by atoms with Crippen LogP contribution in [0.1, 0.15) is 26.2 Å². The molecule has 6 heteroatoms. The van der Waals surface area contributed by atoms with E-state index in [9.17, 15) is 14.4 Å². The van der Waals surface area contributed by atoms with Gasteiger partial charge in [-0.1, -0.05) is 0 Å². The van der Waals surface area contributed by atoms with Crippen molar-refractivity contribution in [2.45, 2.75) is 26.2 Å². The van der Waals surface area contributed by atoms with Gasteiger partial charge >= 0.3 is 0 Å². The van der Waals surface area contributed by atoms with Crippen molar-refractivity contribution < 1.29 is 14.4 Å². The summed E-state index contributed by atoms with van der Waals surface area (Å²) in [6.45, 7) is 2.93. The van der Waals surface area contributed by atoms with Crippen LogP contribution in [-0.2, 0) is 14.4 Å². The molecule has 2 N–H and O–H groups in total. The normalized spacial score (nSPS) is 13.9. The number of carbonyl (C=O) groups excluding carboxylic acids is 3. The first kappa shape index (κ1) is 15.0. The Morgan fingerprint density at radius 3 is 2.05 bits per heavy atom. The van der Waals surface area contributed by atoms with E-state index in [4.69, 9.17) is 0 Å². The fourth-order valence-corrected chi connectivity index (χ4v) is 2.26. The zero-order chi connectivity index (χ0) is 15.2. The largest absolute Gasteiger partial charge is 0.342 e. The number of amides is 3. The van der Waals surface area contributed by atoms with E-state index in [1.807, 2.05) is 0 Å². The van der Waals surface area contributed by atoms with Crippen molar-refractivity contribution in [3.63, 3.8) is 0 Å². The third kappa shape index (κ3) is 4.59. The van der Waals surface area contributed by atoms with Crippen molar-refractivity contribution in [1.29, 1.82) is 0 Å². The SMILES string of the molecule is CC(=O)Nc1ccc(NC(=O)CC(=O)N2CCCC2)cc1. The molecule has 1 fully saturated rings. The lowest BCUT2D eigenvalue weighted by atomic mass is 10.2. The maximum Gasteiger partial charge on any atom is 0.233 e. The van der Waals surface area contributed by atoms with Gasteiger partial charge in [0.1, 0.15) is 6.42 Å². The molecule has 0 radical (unpaired) electrons. The molecule has 0 aromatic heterocycles. The molecule has 0 unspecified atom stereocenters. The Morgan fingerprint density at radius 1 is 1.00 bits per heavy atom.